The van der Waals surface area contributed by atoms with Crippen LogP contribution in [0, 0.1) is 11.8 Å². The van der Waals surface area contributed by atoms with Crippen LogP contribution in [0.4, 0.5) is 0 Å². The van der Waals surface area contributed by atoms with E-state index in [0.29, 0.717) is 19.6 Å². The molecule has 6 heteroatoms. The Labute approximate surface area is 213 Å². The maximum absolute atomic E-state index is 14.2. The molecule has 1 N–H and O–H groups in total. The largest absolute Gasteiger partial charge is 0.396 e. The van der Waals surface area contributed by atoms with E-state index >= 15 is 0 Å². The predicted molar refractivity (Wildman–Crippen MR) is 140 cm³/mol. The van der Waals surface area contributed by atoms with Crippen molar-refractivity contribution in [3.63, 3.8) is 0 Å². The van der Waals surface area contributed by atoms with E-state index in [2.05, 4.69) is 42.2 Å². The predicted octanol–water partition coefficient (Wildman–Crippen LogP) is 3.76. The first-order valence-corrected chi connectivity index (χ1v) is 13.8. The number of pyridine rings is 1. The molecule has 6 rings (SSSR count). The second kappa shape index (κ2) is 9.64. The highest BCUT2D eigenvalue weighted by molar-refractivity contribution is 5.81. The number of rotatable bonds is 5. The molecule has 1 fully saturated rings. The standard InChI is InChI=1S/C30H37N3O3/c1-2-15-32-26-18-33-25(13-12-23(29(33)35)21-9-4-3-5-10-21)28(32)27(24(26)19-34)30(36)31-16-14-20-8-6-7-11-22(20)17-31/h6-9,11-13,24,26-28,34H,2-5,10,14-19H2,1H3/t24-,26-,27+,28+/m1/s1. The second-order valence-electron chi connectivity index (χ2n) is 11.0. The fraction of sp³-hybridized carbons (Fsp3) is 0.533. The Morgan fingerprint density at radius 1 is 1.08 bits per heavy atom. The number of hydrogen-bond donors (Lipinski definition) is 1. The van der Waals surface area contributed by atoms with E-state index in [1.54, 1.807) is 0 Å². The highest BCUT2D eigenvalue weighted by Crippen LogP contribution is 2.49. The van der Waals surface area contributed by atoms with Gasteiger partial charge in [0.25, 0.3) is 5.56 Å². The van der Waals surface area contributed by atoms with E-state index < -0.39 is 0 Å². The first-order valence-electron chi connectivity index (χ1n) is 13.8. The van der Waals surface area contributed by atoms with Crippen LogP contribution in [0.25, 0.3) is 5.57 Å². The lowest BCUT2D eigenvalue weighted by molar-refractivity contribution is -0.139. The maximum atomic E-state index is 14.2. The summed E-state index contributed by atoms with van der Waals surface area (Å²) in [7, 11) is 0. The summed E-state index contributed by atoms with van der Waals surface area (Å²) in [6.07, 6.45) is 8.37. The quantitative estimate of drug-likeness (QED) is 0.698. The van der Waals surface area contributed by atoms with Gasteiger partial charge >= 0.3 is 0 Å². The average Bonchev–Trinajstić information content (AvgIpc) is 3.13. The first kappa shape index (κ1) is 23.7. The Morgan fingerprint density at radius 3 is 2.67 bits per heavy atom. The molecule has 1 amide bonds. The number of nitrogens with zero attached hydrogens (tertiary/aromatic N) is 3. The average molecular weight is 488 g/mol. The van der Waals surface area contributed by atoms with Crippen molar-refractivity contribution in [2.75, 3.05) is 19.7 Å². The molecular weight excluding hydrogens is 450 g/mol. The summed E-state index contributed by atoms with van der Waals surface area (Å²) in [6, 6.07) is 12.3. The fourth-order valence-corrected chi connectivity index (χ4v) is 7.29. The van der Waals surface area contributed by atoms with E-state index in [1.807, 2.05) is 21.6 Å². The number of aliphatic hydroxyl groups excluding tert-OH is 1. The molecule has 0 spiro atoms. The van der Waals surface area contributed by atoms with Gasteiger partial charge < -0.3 is 14.6 Å². The highest BCUT2D eigenvalue weighted by atomic mass is 16.3. The van der Waals surface area contributed by atoms with Crippen LogP contribution in [0.3, 0.4) is 0 Å². The lowest BCUT2D eigenvalue weighted by Gasteiger charge is -2.39. The van der Waals surface area contributed by atoms with E-state index in [4.69, 9.17) is 0 Å². The van der Waals surface area contributed by atoms with Gasteiger partial charge in [-0.1, -0.05) is 37.3 Å². The number of allylic oxidation sites excluding steroid dienone is 2. The molecule has 1 aliphatic carbocycles. The van der Waals surface area contributed by atoms with E-state index in [1.165, 1.54) is 23.1 Å². The fourth-order valence-electron chi connectivity index (χ4n) is 7.29. The van der Waals surface area contributed by atoms with Crippen molar-refractivity contribution in [2.45, 2.75) is 70.6 Å². The van der Waals surface area contributed by atoms with Crippen LogP contribution >= 0.6 is 0 Å². The monoisotopic (exact) mass is 487 g/mol. The van der Waals surface area contributed by atoms with Crippen LogP contribution in [0.2, 0.25) is 0 Å². The Balaban J connectivity index is 1.39. The molecule has 0 radical (unpaired) electrons. The summed E-state index contributed by atoms with van der Waals surface area (Å²) in [5.74, 6) is -0.398. The van der Waals surface area contributed by atoms with Gasteiger partial charge in [-0.2, -0.15) is 0 Å². The van der Waals surface area contributed by atoms with Crippen molar-refractivity contribution in [1.29, 1.82) is 0 Å². The van der Waals surface area contributed by atoms with Crippen molar-refractivity contribution in [3.05, 3.63) is 75.2 Å². The summed E-state index contributed by atoms with van der Waals surface area (Å²) < 4.78 is 1.94. The molecule has 36 heavy (non-hydrogen) atoms. The normalized spacial score (nSPS) is 27.4. The lowest BCUT2D eigenvalue weighted by atomic mass is 9.85. The Hall–Kier alpha value is -2.70. The van der Waals surface area contributed by atoms with Crippen molar-refractivity contribution < 1.29 is 9.90 Å². The molecule has 4 aliphatic rings. The molecule has 6 nitrogen and oxygen atoms in total. The van der Waals surface area contributed by atoms with E-state index in [9.17, 15) is 14.7 Å². The number of amides is 1. The zero-order valence-electron chi connectivity index (χ0n) is 21.2. The van der Waals surface area contributed by atoms with Crippen LogP contribution in [-0.4, -0.2) is 51.1 Å². The van der Waals surface area contributed by atoms with Crippen LogP contribution in [0.1, 0.15) is 67.5 Å². The number of carbonyl (C=O) groups excluding carboxylic acids is 1. The smallest absolute Gasteiger partial charge is 0.258 e. The van der Waals surface area contributed by atoms with Gasteiger partial charge in [-0.05, 0) is 73.9 Å². The summed E-state index contributed by atoms with van der Waals surface area (Å²) in [6.45, 7) is 4.85. The molecule has 2 bridgehead atoms. The maximum Gasteiger partial charge on any atom is 0.258 e. The van der Waals surface area contributed by atoms with Gasteiger partial charge in [0.1, 0.15) is 0 Å². The molecule has 1 saturated heterocycles. The molecule has 0 unspecified atom stereocenters. The third-order valence-corrected chi connectivity index (χ3v) is 9.02. The SMILES string of the molecule is CCCN1[C@@H]2Cn3c(ccc(C4=CCCCC4)c3=O)[C@H]1[C@@H](C(=O)N1CCc3ccccc3C1)[C@@H]2CO. The zero-order valence-corrected chi connectivity index (χ0v) is 21.2. The molecule has 190 valence electrons. The van der Waals surface area contributed by atoms with E-state index in [-0.39, 0.29) is 42.0 Å². The molecule has 2 aromatic rings. The van der Waals surface area contributed by atoms with Crippen LogP contribution in [0.15, 0.2) is 47.3 Å². The number of hydrogen-bond acceptors (Lipinski definition) is 4. The van der Waals surface area contributed by atoms with Crippen molar-refractivity contribution >= 4 is 11.5 Å². The topological polar surface area (TPSA) is 65.8 Å². The molecule has 1 aromatic heterocycles. The first-order chi connectivity index (χ1) is 17.6. The highest BCUT2D eigenvalue weighted by Gasteiger charge is 2.56. The van der Waals surface area contributed by atoms with Gasteiger partial charge in [0, 0.05) is 49.5 Å². The van der Waals surface area contributed by atoms with Crippen LogP contribution in [-0.2, 0) is 24.3 Å². The molecule has 4 atom stereocenters. The van der Waals surface area contributed by atoms with Gasteiger partial charge in [0.2, 0.25) is 5.91 Å². The minimum Gasteiger partial charge on any atom is -0.396 e. The van der Waals surface area contributed by atoms with Gasteiger partial charge in [-0.25, -0.2) is 0 Å². The minimum atomic E-state index is -0.343. The Bertz CT molecular complexity index is 1250. The molecular formula is C30H37N3O3. The van der Waals surface area contributed by atoms with Crippen molar-refractivity contribution in [1.82, 2.24) is 14.4 Å². The van der Waals surface area contributed by atoms with Crippen LogP contribution in [0.5, 0.6) is 0 Å². The number of fused-ring (bicyclic) bond motifs is 5. The third kappa shape index (κ3) is 3.77. The summed E-state index contributed by atoms with van der Waals surface area (Å²) >= 11 is 0. The lowest BCUT2D eigenvalue weighted by Crippen LogP contribution is -2.47. The van der Waals surface area contributed by atoms with Gasteiger partial charge in [0.05, 0.1) is 12.0 Å². The molecule has 4 heterocycles. The Kier molecular flexibility index (Phi) is 6.34. The summed E-state index contributed by atoms with van der Waals surface area (Å²) in [5.41, 5.74) is 5.53. The zero-order chi connectivity index (χ0) is 24.8. The van der Waals surface area contributed by atoms with Gasteiger partial charge in [-0.15, -0.1) is 0 Å². The van der Waals surface area contributed by atoms with Gasteiger partial charge in [0.15, 0.2) is 0 Å². The Morgan fingerprint density at radius 2 is 1.92 bits per heavy atom. The number of aliphatic hydroxyl groups is 1. The number of aromatic nitrogens is 1. The van der Waals surface area contributed by atoms with Crippen molar-refractivity contribution in [3.8, 4) is 0 Å². The summed E-state index contributed by atoms with van der Waals surface area (Å²) in [5, 5.41) is 10.6. The van der Waals surface area contributed by atoms with Crippen LogP contribution < -0.4 is 5.56 Å². The minimum absolute atomic E-state index is 0.00763. The number of benzene rings is 1. The second-order valence-corrected chi connectivity index (χ2v) is 11.0. The van der Waals surface area contributed by atoms with E-state index in [0.717, 1.165) is 49.9 Å². The summed E-state index contributed by atoms with van der Waals surface area (Å²) in [4.78, 5) is 32.3. The van der Waals surface area contributed by atoms with Gasteiger partial charge in [-0.3, -0.25) is 14.5 Å². The molecule has 1 aromatic carbocycles. The third-order valence-electron chi connectivity index (χ3n) is 9.02. The van der Waals surface area contributed by atoms with Crippen molar-refractivity contribution in [2.24, 2.45) is 11.8 Å². The number of carbonyl (C=O) groups is 1. The molecule has 3 aliphatic heterocycles. The molecule has 0 saturated carbocycles.